The Labute approximate surface area is 130 Å². The van der Waals surface area contributed by atoms with Crippen molar-refractivity contribution in [2.75, 3.05) is 6.61 Å². The number of aromatic amines is 1. The number of aromatic nitrogens is 1. The molecule has 1 fully saturated rings. The van der Waals surface area contributed by atoms with Crippen molar-refractivity contribution in [3.05, 3.63) is 40.7 Å². The molecule has 1 aliphatic heterocycles. The third kappa shape index (κ3) is 2.94. The number of ether oxygens (including phenoxy) is 2. The van der Waals surface area contributed by atoms with Crippen LogP contribution in [0.3, 0.4) is 0 Å². The van der Waals surface area contributed by atoms with Gasteiger partial charge in [0.15, 0.2) is 0 Å². The Morgan fingerprint density at radius 2 is 1.87 bits per heavy atom. The van der Waals surface area contributed by atoms with Gasteiger partial charge in [-0.2, -0.15) is 0 Å². The van der Waals surface area contributed by atoms with E-state index in [0.29, 0.717) is 10.9 Å². The fraction of sp³-hybridized carbons (Fsp3) is 0.400. The first-order valence-electron chi connectivity index (χ1n) is 7.10. The van der Waals surface area contributed by atoms with E-state index in [4.69, 9.17) is 9.47 Å². The highest BCUT2D eigenvalue weighted by molar-refractivity contribution is 5.84. The number of pyridine rings is 1. The quantitative estimate of drug-likeness (QED) is 0.474. The number of para-hydroxylation sites is 1. The van der Waals surface area contributed by atoms with Crippen molar-refractivity contribution >= 4 is 10.9 Å². The first-order chi connectivity index (χ1) is 11.0. The highest BCUT2D eigenvalue weighted by Crippen LogP contribution is 2.27. The van der Waals surface area contributed by atoms with E-state index in [2.05, 4.69) is 4.98 Å². The second-order valence-electron chi connectivity index (χ2n) is 5.36. The Hall–Kier alpha value is -1.97. The van der Waals surface area contributed by atoms with Crippen molar-refractivity contribution in [1.82, 2.24) is 4.98 Å². The van der Waals surface area contributed by atoms with Crippen molar-refractivity contribution in [1.29, 1.82) is 0 Å². The minimum absolute atomic E-state index is 0.161. The molecule has 124 valence electrons. The molecular weight excluding hydrogens is 306 g/mol. The molecule has 2 aromatic rings. The summed E-state index contributed by atoms with van der Waals surface area (Å²) >= 11 is 0. The van der Waals surface area contributed by atoms with E-state index in [-0.39, 0.29) is 5.75 Å². The lowest BCUT2D eigenvalue weighted by Crippen LogP contribution is -2.60. The first kappa shape index (κ1) is 15.9. The molecule has 8 heteroatoms. The molecule has 4 unspecified atom stereocenters. The average Bonchev–Trinajstić information content (AvgIpc) is 2.55. The molecule has 1 aromatic carbocycles. The smallest absolute Gasteiger partial charge is 0.252 e. The summed E-state index contributed by atoms with van der Waals surface area (Å²) in [6, 6.07) is 8.10. The van der Waals surface area contributed by atoms with Crippen LogP contribution in [-0.4, -0.2) is 62.7 Å². The van der Waals surface area contributed by atoms with E-state index in [0.717, 1.165) is 0 Å². The Morgan fingerprint density at radius 1 is 1.13 bits per heavy atom. The highest BCUT2D eigenvalue weighted by atomic mass is 16.7. The number of rotatable bonds is 3. The van der Waals surface area contributed by atoms with Gasteiger partial charge in [-0.05, 0) is 12.1 Å². The van der Waals surface area contributed by atoms with Crippen LogP contribution in [0.1, 0.15) is 0 Å². The highest BCUT2D eigenvalue weighted by Gasteiger charge is 2.44. The molecule has 1 saturated heterocycles. The fourth-order valence-electron chi connectivity index (χ4n) is 2.56. The van der Waals surface area contributed by atoms with Gasteiger partial charge in [-0.15, -0.1) is 0 Å². The van der Waals surface area contributed by atoms with Crippen LogP contribution in [0, 0.1) is 0 Å². The zero-order valence-electron chi connectivity index (χ0n) is 12.0. The van der Waals surface area contributed by atoms with Gasteiger partial charge >= 0.3 is 0 Å². The molecule has 5 atom stereocenters. The molecule has 0 radical (unpaired) electrons. The van der Waals surface area contributed by atoms with Crippen molar-refractivity contribution in [2.24, 2.45) is 0 Å². The summed E-state index contributed by atoms with van der Waals surface area (Å²) in [7, 11) is 0. The van der Waals surface area contributed by atoms with Gasteiger partial charge in [0.2, 0.25) is 6.29 Å². The number of fused-ring (bicyclic) bond motifs is 1. The molecule has 5 N–H and O–H groups in total. The topological polar surface area (TPSA) is 132 Å². The van der Waals surface area contributed by atoms with Crippen molar-refractivity contribution in [2.45, 2.75) is 30.7 Å². The standard InChI is InChI=1S/C15H17NO7/c17-6-10-12(19)13(20)14(21)15(23-10)22-9-5-11(18)16-8-4-2-1-3-7(8)9/h1-5,10,12-15,17,19-21H,6H2,(H,16,18)/t10?,12-,13?,14?,15?/m1/s1. The maximum absolute atomic E-state index is 11.7. The van der Waals surface area contributed by atoms with E-state index >= 15 is 0 Å². The summed E-state index contributed by atoms with van der Waals surface area (Å²) in [5.41, 5.74) is 0.142. The van der Waals surface area contributed by atoms with Gasteiger partial charge in [0.05, 0.1) is 12.1 Å². The molecule has 0 aliphatic carbocycles. The van der Waals surface area contributed by atoms with Crippen molar-refractivity contribution in [3.8, 4) is 5.75 Å². The van der Waals surface area contributed by atoms with Crippen LogP contribution in [0.25, 0.3) is 10.9 Å². The minimum atomic E-state index is -1.54. The largest absolute Gasteiger partial charge is 0.461 e. The number of hydrogen-bond acceptors (Lipinski definition) is 7. The van der Waals surface area contributed by atoms with E-state index in [1.54, 1.807) is 24.3 Å². The van der Waals surface area contributed by atoms with Crippen LogP contribution in [0.15, 0.2) is 35.1 Å². The summed E-state index contributed by atoms with van der Waals surface area (Å²) in [4.78, 5) is 14.3. The molecule has 3 rings (SSSR count). The lowest BCUT2D eigenvalue weighted by Gasteiger charge is -2.39. The minimum Gasteiger partial charge on any atom is -0.461 e. The molecule has 0 bridgehead atoms. The molecule has 2 heterocycles. The summed E-state index contributed by atoms with van der Waals surface area (Å²) in [6.07, 6.45) is -6.96. The van der Waals surface area contributed by atoms with Gasteiger partial charge in [-0.1, -0.05) is 12.1 Å². The normalized spacial score (nSPS) is 31.2. The second-order valence-corrected chi connectivity index (χ2v) is 5.36. The Kier molecular flexibility index (Phi) is 4.33. The Morgan fingerprint density at radius 3 is 2.61 bits per heavy atom. The van der Waals surface area contributed by atoms with Crippen molar-refractivity contribution < 1.29 is 29.9 Å². The molecule has 1 aromatic heterocycles. The average molecular weight is 323 g/mol. The zero-order chi connectivity index (χ0) is 16.6. The van der Waals surface area contributed by atoms with Gasteiger partial charge in [-0.25, -0.2) is 0 Å². The molecule has 0 spiro atoms. The summed E-state index contributed by atoms with van der Waals surface area (Å²) in [5, 5.41) is 39.3. The van der Waals surface area contributed by atoms with E-state index in [1.165, 1.54) is 6.07 Å². The van der Waals surface area contributed by atoms with Gasteiger partial charge < -0.3 is 34.9 Å². The third-order valence-electron chi connectivity index (χ3n) is 3.80. The second kappa shape index (κ2) is 6.26. The maximum atomic E-state index is 11.7. The van der Waals surface area contributed by atoms with Crippen LogP contribution >= 0.6 is 0 Å². The molecular formula is C15H17NO7. The van der Waals surface area contributed by atoms with Crippen LogP contribution < -0.4 is 10.3 Å². The van der Waals surface area contributed by atoms with Gasteiger partial charge in [-0.3, -0.25) is 4.79 Å². The van der Waals surface area contributed by atoms with E-state index in [9.17, 15) is 25.2 Å². The number of aliphatic hydroxyl groups is 4. The lowest BCUT2D eigenvalue weighted by molar-refractivity contribution is -0.277. The Balaban J connectivity index is 1.93. The summed E-state index contributed by atoms with van der Waals surface area (Å²) < 4.78 is 10.8. The summed E-state index contributed by atoms with van der Waals surface area (Å²) in [5.74, 6) is 0.161. The number of nitrogens with one attached hydrogen (secondary N) is 1. The maximum Gasteiger partial charge on any atom is 0.252 e. The molecule has 0 saturated carbocycles. The van der Waals surface area contributed by atoms with Gasteiger partial charge in [0.1, 0.15) is 30.2 Å². The van der Waals surface area contributed by atoms with Gasteiger partial charge in [0, 0.05) is 11.5 Å². The van der Waals surface area contributed by atoms with Crippen LogP contribution in [0.5, 0.6) is 5.75 Å². The third-order valence-corrected chi connectivity index (χ3v) is 3.80. The van der Waals surface area contributed by atoms with Crippen LogP contribution in [0.2, 0.25) is 0 Å². The predicted molar refractivity (Wildman–Crippen MR) is 79.0 cm³/mol. The van der Waals surface area contributed by atoms with Crippen LogP contribution in [0.4, 0.5) is 0 Å². The Bertz CT molecular complexity index is 744. The fourth-order valence-corrected chi connectivity index (χ4v) is 2.56. The monoisotopic (exact) mass is 323 g/mol. The zero-order valence-corrected chi connectivity index (χ0v) is 12.0. The molecule has 0 amide bonds. The summed E-state index contributed by atoms with van der Waals surface area (Å²) in [6.45, 7) is -0.555. The van der Waals surface area contributed by atoms with E-state index < -0.39 is 42.9 Å². The van der Waals surface area contributed by atoms with Crippen LogP contribution in [-0.2, 0) is 4.74 Å². The van der Waals surface area contributed by atoms with Gasteiger partial charge in [0.25, 0.3) is 5.56 Å². The number of benzene rings is 1. The molecule has 8 nitrogen and oxygen atoms in total. The number of H-pyrrole nitrogens is 1. The first-order valence-corrected chi connectivity index (χ1v) is 7.10. The molecule has 23 heavy (non-hydrogen) atoms. The van der Waals surface area contributed by atoms with E-state index in [1.807, 2.05) is 0 Å². The predicted octanol–water partition coefficient (Wildman–Crippen LogP) is -1.29. The molecule has 1 aliphatic rings. The van der Waals surface area contributed by atoms with Crippen molar-refractivity contribution in [3.63, 3.8) is 0 Å². The number of hydrogen-bond donors (Lipinski definition) is 5. The lowest BCUT2D eigenvalue weighted by atomic mass is 9.99. The SMILES string of the molecule is O=c1cc(OC2OC(CO)[C@@H](O)C(O)C2O)c2ccccc2[nH]1. The number of aliphatic hydroxyl groups excluding tert-OH is 4.